The van der Waals surface area contributed by atoms with Crippen LogP contribution in [-0.4, -0.2) is 11.8 Å². The van der Waals surface area contributed by atoms with E-state index in [1.807, 2.05) is 0 Å². The molecule has 1 aliphatic rings. The normalized spacial score (nSPS) is 16.2. The third-order valence-corrected chi connectivity index (χ3v) is 1.88. The molecule has 0 fully saturated rings. The summed E-state index contributed by atoms with van der Waals surface area (Å²) < 4.78 is 0. The third-order valence-electron chi connectivity index (χ3n) is 1.88. The van der Waals surface area contributed by atoms with Crippen molar-refractivity contribution < 1.29 is 9.59 Å². The smallest absolute Gasteiger partial charge is 0.254 e. The number of rotatable bonds is 4. The molecule has 0 aromatic rings. The fourth-order valence-corrected chi connectivity index (χ4v) is 1.20. The van der Waals surface area contributed by atoms with E-state index >= 15 is 0 Å². The summed E-state index contributed by atoms with van der Waals surface area (Å²) >= 11 is 0. The Morgan fingerprint density at radius 2 is 2.08 bits per heavy atom. The molecule has 66 valence electrons. The summed E-state index contributed by atoms with van der Waals surface area (Å²) in [5.41, 5.74) is 0.633. The summed E-state index contributed by atoms with van der Waals surface area (Å²) in [6.45, 7) is 2.11. The van der Waals surface area contributed by atoms with Crippen LogP contribution in [0.2, 0.25) is 0 Å². The zero-order valence-corrected chi connectivity index (χ0v) is 7.22. The highest BCUT2D eigenvalue weighted by Gasteiger charge is 2.19. The maximum Gasteiger partial charge on any atom is 0.254 e. The van der Waals surface area contributed by atoms with Crippen LogP contribution in [0.15, 0.2) is 11.6 Å². The Labute approximate surface area is 71.8 Å². The number of imide groups is 1. The van der Waals surface area contributed by atoms with Gasteiger partial charge in [0, 0.05) is 11.6 Å². The van der Waals surface area contributed by atoms with Crippen LogP contribution in [0.1, 0.15) is 32.6 Å². The number of unbranched alkanes of at least 4 members (excludes halogenated alkanes) is 2. The highest BCUT2D eigenvalue weighted by Crippen LogP contribution is 2.12. The Bertz CT molecular complexity index is 231. The zero-order valence-electron chi connectivity index (χ0n) is 7.22. The van der Waals surface area contributed by atoms with E-state index in [9.17, 15) is 9.59 Å². The van der Waals surface area contributed by atoms with Crippen molar-refractivity contribution in [1.29, 1.82) is 0 Å². The minimum atomic E-state index is -0.272. The Kier molecular flexibility index (Phi) is 3.02. The Morgan fingerprint density at radius 3 is 2.58 bits per heavy atom. The molecule has 1 heterocycles. The van der Waals surface area contributed by atoms with Crippen molar-refractivity contribution in [3.05, 3.63) is 11.6 Å². The van der Waals surface area contributed by atoms with Crippen LogP contribution in [-0.2, 0) is 9.59 Å². The molecule has 0 unspecified atom stereocenters. The molecule has 0 aromatic heterocycles. The molecule has 0 bridgehead atoms. The average molecular weight is 167 g/mol. The molecule has 2 amide bonds. The second kappa shape index (κ2) is 4.04. The highest BCUT2D eigenvalue weighted by molar-refractivity contribution is 6.16. The summed E-state index contributed by atoms with van der Waals surface area (Å²) in [5.74, 6) is -0.484. The van der Waals surface area contributed by atoms with Gasteiger partial charge in [-0.25, -0.2) is 0 Å². The summed E-state index contributed by atoms with van der Waals surface area (Å²) in [5, 5.41) is 2.22. The van der Waals surface area contributed by atoms with Gasteiger partial charge in [-0.1, -0.05) is 19.8 Å². The van der Waals surface area contributed by atoms with Crippen molar-refractivity contribution >= 4 is 11.8 Å². The van der Waals surface area contributed by atoms with E-state index in [2.05, 4.69) is 12.2 Å². The molecule has 1 N–H and O–H groups in total. The van der Waals surface area contributed by atoms with Crippen molar-refractivity contribution in [1.82, 2.24) is 5.32 Å². The maximum atomic E-state index is 11.0. The molecule has 0 radical (unpaired) electrons. The Balaban J connectivity index is 2.36. The van der Waals surface area contributed by atoms with Crippen molar-refractivity contribution in [2.75, 3.05) is 0 Å². The molecule has 1 aliphatic heterocycles. The van der Waals surface area contributed by atoms with E-state index in [0.717, 1.165) is 25.7 Å². The Hall–Kier alpha value is -1.12. The fourth-order valence-electron chi connectivity index (χ4n) is 1.20. The lowest BCUT2D eigenvalue weighted by Crippen LogP contribution is -2.22. The highest BCUT2D eigenvalue weighted by atomic mass is 16.2. The van der Waals surface area contributed by atoms with Gasteiger partial charge >= 0.3 is 0 Å². The third kappa shape index (κ3) is 2.19. The molecule has 0 saturated carbocycles. The minimum Gasteiger partial charge on any atom is -0.289 e. The fraction of sp³-hybridized carbons (Fsp3) is 0.556. The standard InChI is InChI=1S/C9H13NO2/c1-2-3-4-5-7-6-8(11)10-9(7)12/h6H,2-5H2,1H3,(H,10,11,12). The van der Waals surface area contributed by atoms with Crippen LogP contribution >= 0.6 is 0 Å². The van der Waals surface area contributed by atoms with E-state index in [4.69, 9.17) is 0 Å². The van der Waals surface area contributed by atoms with Crippen LogP contribution in [0.5, 0.6) is 0 Å². The molecule has 1 rings (SSSR count). The average Bonchev–Trinajstić information content (AvgIpc) is 2.31. The van der Waals surface area contributed by atoms with E-state index in [-0.39, 0.29) is 11.8 Å². The first kappa shape index (κ1) is 8.97. The van der Waals surface area contributed by atoms with Crippen LogP contribution in [0.3, 0.4) is 0 Å². The van der Waals surface area contributed by atoms with Crippen molar-refractivity contribution in [2.24, 2.45) is 0 Å². The minimum absolute atomic E-state index is 0.212. The molecular weight excluding hydrogens is 154 g/mol. The number of carbonyl (C=O) groups is 2. The molecule has 0 aromatic carbocycles. The number of hydrogen-bond acceptors (Lipinski definition) is 2. The number of hydrogen-bond donors (Lipinski definition) is 1. The van der Waals surface area contributed by atoms with Gasteiger partial charge < -0.3 is 0 Å². The molecule has 12 heavy (non-hydrogen) atoms. The largest absolute Gasteiger partial charge is 0.289 e. The predicted octanol–water partition coefficient (Wildman–Crippen LogP) is 1.15. The lowest BCUT2D eigenvalue weighted by atomic mass is 10.1. The maximum absolute atomic E-state index is 11.0. The van der Waals surface area contributed by atoms with Crippen molar-refractivity contribution in [3.8, 4) is 0 Å². The van der Waals surface area contributed by atoms with Gasteiger partial charge in [-0.3, -0.25) is 14.9 Å². The summed E-state index contributed by atoms with van der Waals surface area (Å²) in [6.07, 6.45) is 5.36. The van der Waals surface area contributed by atoms with Gasteiger partial charge in [0.05, 0.1) is 0 Å². The second-order valence-corrected chi connectivity index (χ2v) is 2.95. The number of carbonyl (C=O) groups excluding carboxylic acids is 2. The lowest BCUT2D eigenvalue weighted by Gasteiger charge is -1.97. The van der Waals surface area contributed by atoms with Gasteiger partial charge in [0.2, 0.25) is 0 Å². The van der Waals surface area contributed by atoms with E-state index < -0.39 is 0 Å². The van der Waals surface area contributed by atoms with Crippen LogP contribution in [0.4, 0.5) is 0 Å². The van der Waals surface area contributed by atoms with E-state index in [0.29, 0.717) is 5.57 Å². The van der Waals surface area contributed by atoms with Crippen molar-refractivity contribution in [2.45, 2.75) is 32.6 Å². The van der Waals surface area contributed by atoms with Crippen LogP contribution in [0.25, 0.3) is 0 Å². The molecule has 3 nitrogen and oxygen atoms in total. The molecule has 0 atom stereocenters. The lowest BCUT2D eigenvalue weighted by molar-refractivity contribution is -0.123. The molecule has 0 saturated heterocycles. The van der Waals surface area contributed by atoms with Gasteiger partial charge in [-0.05, 0) is 12.8 Å². The molecular formula is C9H13NO2. The predicted molar refractivity (Wildman–Crippen MR) is 45.4 cm³/mol. The van der Waals surface area contributed by atoms with Gasteiger partial charge in [0.1, 0.15) is 0 Å². The first-order chi connectivity index (χ1) is 5.74. The quantitative estimate of drug-likeness (QED) is 0.504. The van der Waals surface area contributed by atoms with Crippen molar-refractivity contribution in [3.63, 3.8) is 0 Å². The van der Waals surface area contributed by atoms with Gasteiger partial charge in [0.15, 0.2) is 0 Å². The number of nitrogens with one attached hydrogen (secondary N) is 1. The van der Waals surface area contributed by atoms with Gasteiger partial charge in [-0.15, -0.1) is 0 Å². The van der Waals surface area contributed by atoms with Crippen LogP contribution < -0.4 is 5.32 Å². The molecule has 3 heteroatoms. The first-order valence-corrected chi connectivity index (χ1v) is 4.30. The summed E-state index contributed by atoms with van der Waals surface area (Å²) in [7, 11) is 0. The van der Waals surface area contributed by atoms with E-state index in [1.165, 1.54) is 6.08 Å². The summed E-state index contributed by atoms with van der Waals surface area (Å²) in [6, 6.07) is 0. The second-order valence-electron chi connectivity index (χ2n) is 2.95. The number of amides is 2. The monoisotopic (exact) mass is 167 g/mol. The van der Waals surface area contributed by atoms with Crippen LogP contribution in [0, 0.1) is 0 Å². The SMILES string of the molecule is CCCCCC1=CC(=O)NC1=O. The Morgan fingerprint density at radius 1 is 1.33 bits per heavy atom. The zero-order chi connectivity index (χ0) is 8.97. The van der Waals surface area contributed by atoms with Gasteiger partial charge in [-0.2, -0.15) is 0 Å². The topological polar surface area (TPSA) is 46.2 Å². The molecule has 0 aliphatic carbocycles. The summed E-state index contributed by atoms with van der Waals surface area (Å²) in [4.78, 5) is 21.7. The molecule has 0 spiro atoms. The van der Waals surface area contributed by atoms with Gasteiger partial charge in [0.25, 0.3) is 11.8 Å². The van der Waals surface area contributed by atoms with E-state index in [1.54, 1.807) is 0 Å². The first-order valence-electron chi connectivity index (χ1n) is 4.30.